The van der Waals surface area contributed by atoms with E-state index in [9.17, 15) is 4.79 Å². The summed E-state index contributed by atoms with van der Waals surface area (Å²) in [6.07, 6.45) is 0. The molecule has 0 fully saturated rings. The molecule has 0 saturated carbocycles. The minimum Gasteiger partial charge on any atom is -0.508 e. The molecule has 1 aromatic carbocycles. The number of phenols is 1. The van der Waals surface area contributed by atoms with Crippen LogP contribution in [0.3, 0.4) is 0 Å². The van der Waals surface area contributed by atoms with Gasteiger partial charge in [-0.1, -0.05) is 6.07 Å². The highest BCUT2D eigenvalue weighted by Gasteiger charge is 2.08. The number of hydrogen-bond donors (Lipinski definition) is 2. The van der Waals surface area contributed by atoms with Crippen molar-refractivity contribution in [1.29, 1.82) is 0 Å². The third-order valence-electron chi connectivity index (χ3n) is 1.63. The fourth-order valence-corrected chi connectivity index (χ4v) is 0.940. The zero-order chi connectivity index (χ0) is 11.8. The number of benzene rings is 1. The highest BCUT2D eigenvalue weighted by atomic mass is 16.5. The van der Waals surface area contributed by atoms with Gasteiger partial charge in [0, 0.05) is 0 Å². The molecular weight excluding hydrogens is 200 g/mol. The second-order valence-corrected chi connectivity index (χ2v) is 2.60. The number of ether oxygens (including phenoxy) is 1. The number of phenolic OH excluding ortho intramolecular Hbond substituents is 1. The van der Waals surface area contributed by atoms with E-state index in [0.717, 1.165) is 5.56 Å². The number of carbonyl (C=O) groups is 2. The Bertz CT molecular complexity index is 346. The monoisotopic (exact) mass is 212 g/mol. The molecule has 0 spiro atoms. The normalized spacial score (nSPS) is 8.40. The first kappa shape index (κ1) is 13.0. The van der Waals surface area contributed by atoms with Gasteiger partial charge in [0.2, 0.25) is 0 Å². The van der Waals surface area contributed by atoms with Crippen molar-refractivity contribution >= 4 is 12.4 Å². The van der Waals surface area contributed by atoms with Gasteiger partial charge in [-0.2, -0.15) is 0 Å². The van der Waals surface area contributed by atoms with E-state index in [-0.39, 0.29) is 12.2 Å². The lowest BCUT2D eigenvalue weighted by molar-refractivity contribution is -0.122. The fraction of sp³-hybridized carbons (Fsp3) is 0.200. The number of rotatable bonds is 1. The Morgan fingerprint density at radius 1 is 1.47 bits per heavy atom. The highest BCUT2D eigenvalue weighted by Crippen LogP contribution is 2.16. The Hall–Kier alpha value is -2.04. The summed E-state index contributed by atoms with van der Waals surface area (Å²) >= 11 is 0. The quantitative estimate of drug-likeness (QED) is 0.539. The molecule has 0 amide bonds. The van der Waals surface area contributed by atoms with Crippen LogP contribution in [-0.2, 0) is 9.53 Å². The Labute approximate surface area is 86.9 Å². The van der Waals surface area contributed by atoms with Crippen molar-refractivity contribution in [2.75, 3.05) is 7.11 Å². The fourth-order valence-electron chi connectivity index (χ4n) is 0.940. The van der Waals surface area contributed by atoms with Gasteiger partial charge >= 0.3 is 5.97 Å². The van der Waals surface area contributed by atoms with Crippen LogP contribution in [0, 0.1) is 6.92 Å². The first-order valence-corrected chi connectivity index (χ1v) is 4.02. The Morgan fingerprint density at radius 2 is 2.00 bits per heavy atom. The van der Waals surface area contributed by atoms with Crippen LogP contribution in [0.1, 0.15) is 15.9 Å². The van der Waals surface area contributed by atoms with Gasteiger partial charge in [-0.15, -0.1) is 0 Å². The number of esters is 1. The molecule has 0 heterocycles. The minimum atomic E-state index is -0.427. The van der Waals surface area contributed by atoms with E-state index < -0.39 is 5.97 Å². The van der Waals surface area contributed by atoms with Crippen LogP contribution in [0.4, 0.5) is 0 Å². The molecule has 0 unspecified atom stereocenters. The SMILES string of the molecule is COC(=O)c1cc(O)ccc1C.O=CO. The molecule has 0 aliphatic heterocycles. The lowest BCUT2D eigenvalue weighted by atomic mass is 10.1. The highest BCUT2D eigenvalue weighted by molar-refractivity contribution is 5.91. The summed E-state index contributed by atoms with van der Waals surface area (Å²) in [5, 5.41) is 16.0. The molecule has 2 N–H and O–H groups in total. The van der Waals surface area contributed by atoms with Gasteiger partial charge < -0.3 is 14.9 Å². The van der Waals surface area contributed by atoms with Crippen molar-refractivity contribution in [3.63, 3.8) is 0 Å². The summed E-state index contributed by atoms with van der Waals surface area (Å²) in [7, 11) is 1.31. The van der Waals surface area contributed by atoms with Crippen LogP contribution >= 0.6 is 0 Å². The third kappa shape index (κ3) is 4.12. The van der Waals surface area contributed by atoms with Crippen LogP contribution in [0.5, 0.6) is 5.75 Å². The van der Waals surface area contributed by atoms with Crippen molar-refractivity contribution in [2.45, 2.75) is 6.92 Å². The lowest BCUT2D eigenvalue weighted by Gasteiger charge is -2.02. The van der Waals surface area contributed by atoms with Gasteiger partial charge in [-0.05, 0) is 24.6 Å². The maximum absolute atomic E-state index is 11.1. The summed E-state index contributed by atoms with van der Waals surface area (Å²) in [5.74, 6) is -0.357. The van der Waals surface area contributed by atoms with Crippen LogP contribution in [0.15, 0.2) is 18.2 Å². The summed E-state index contributed by atoms with van der Waals surface area (Å²) in [5.41, 5.74) is 1.19. The Morgan fingerprint density at radius 3 is 2.47 bits per heavy atom. The zero-order valence-corrected chi connectivity index (χ0v) is 8.43. The van der Waals surface area contributed by atoms with E-state index >= 15 is 0 Å². The van der Waals surface area contributed by atoms with Crippen LogP contribution < -0.4 is 0 Å². The summed E-state index contributed by atoms with van der Waals surface area (Å²) in [6.45, 7) is 1.53. The van der Waals surface area contributed by atoms with Crippen molar-refractivity contribution in [3.8, 4) is 5.75 Å². The first-order chi connectivity index (χ1) is 7.06. The van der Waals surface area contributed by atoms with Gasteiger partial charge in [-0.3, -0.25) is 4.79 Å². The van der Waals surface area contributed by atoms with Crippen LogP contribution in [0.2, 0.25) is 0 Å². The number of hydrogen-bond acceptors (Lipinski definition) is 4. The van der Waals surface area contributed by atoms with Gasteiger partial charge in [0.1, 0.15) is 5.75 Å². The third-order valence-corrected chi connectivity index (χ3v) is 1.63. The van der Waals surface area contributed by atoms with E-state index in [4.69, 9.17) is 15.0 Å². The molecule has 1 aromatic rings. The van der Waals surface area contributed by atoms with Gasteiger partial charge in [0.05, 0.1) is 12.7 Å². The minimum absolute atomic E-state index is 0.0704. The molecule has 82 valence electrons. The molecule has 0 aliphatic carbocycles. The van der Waals surface area contributed by atoms with Crippen molar-refractivity contribution in [3.05, 3.63) is 29.3 Å². The smallest absolute Gasteiger partial charge is 0.338 e. The topological polar surface area (TPSA) is 83.8 Å². The molecule has 0 aliphatic rings. The van der Waals surface area contributed by atoms with Crippen LogP contribution in [0.25, 0.3) is 0 Å². The largest absolute Gasteiger partial charge is 0.508 e. The van der Waals surface area contributed by atoms with E-state index in [1.807, 2.05) is 0 Å². The average Bonchev–Trinajstić information content (AvgIpc) is 2.22. The standard InChI is InChI=1S/C9H10O3.CH2O2/c1-6-3-4-7(10)5-8(6)9(11)12-2;2-1-3/h3-5,10H,1-2H3;1H,(H,2,3). The molecule has 0 aromatic heterocycles. The molecule has 0 radical (unpaired) electrons. The van der Waals surface area contributed by atoms with Crippen molar-refractivity contribution < 1.29 is 24.5 Å². The number of carbonyl (C=O) groups excluding carboxylic acids is 1. The van der Waals surface area contributed by atoms with Crippen molar-refractivity contribution in [2.24, 2.45) is 0 Å². The molecular formula is C10H12O5. The Kier molecular flexibility index (Phi) is 5.55. The van der Waals surface area contributed by atoms with Crippen LogP contribution in [-0.4, -0.2) is 29.8 Å². The molecule has 5 heteroatoms. The zero-order valence-electron chi connectivity index (χ0n) is 8.43. The molecule has 0 saturated heterocycles. The predicted molar refractivity (Wildman–Crippen MR) is 52.9 cm³/mol. The van der Waals surface area contributed by atoms with Gasteiger partial charge in [0.25, 0.3) is 6.47 Å². The van der Waals surface area contributed by atoms with E-state index in [1.165, 1.54) is 19.2 Å². The summed E-state index contributed by atoms with van der Waals surface area (Å²) in [6, 6.07) is 4.59. The predicted octanol–water partition coefficient (Wildman–Crippen LogP) is 1.19. The van der Waals surface area contributed by atoms with E-state index in [1.54, 1.807) is 13.0 Å². The second-order valence-electron chi connectivity index (χ2n) is 2.60. The number of carboxylic acid groups (broad SMARTS) is 1. The van der Waals surface area contributed by atoms with Crippen molar-refractivity contribution in [1.82, 2.24) is 0 Å². The van der Waals surface area contributed by atoms with Gasteiger partial charge in [0.15, 0.2) is 0 Å². The second kappa shape index (κ2) is 6.42. The number of aryl methyl sites for hydroxylation is 1. The molecule has 1 rings (SSSR count). The maximum atomic E-state index is 11.1. The molecule has 5 nitrogen and oxygen atoms in total. The van der Waals surface area contributed by atoms with Gasteiger partial charge in [-0.25, -0.2) is 4.79 Å². The molecule has 0 atom stereocenters. The van der Waals surface area contributed by atoms with E-state index in [0.29, 0.717) is 5.56 Å². The molecule has 0 bridgehead atoms. The lowest BCUT2D eigenvalue weighted by Crippen LogP contribution is -2.02. The number of aromatic hydroxyl groups is 1. The summed E-state index contributed by atoms with van der Waals surface area (Å²) in [4.78, 5) is 19.4. The first-order valence-electron chi connectivity index (χ1n) is 4.02. The maximum Gasteiger partial charge on any atom is 0.338 e. The van der Waals surface area contributed by atoms with E-state index in [2.05, 4.69) is 4.74 Å². The summed E-state index contributed by atoms with van der Waals surface area (Å²) < 4.78 is 4.52. The number of methoxy groups -OCH3 is 1. The Balaban J connectivity index is 0.000000583. The average molecular weight is 212 g/mol. The molecule has 15 heavy (non-hydrogen) atoms.